The third-order valence-corrected chi connectivity index (χ3v) is 4.09. The number of thiophene rings is 1. The Bertz CT molecular complexity index is 429. The normalized spacial score (nSPS) is 14.2. The minimum atomic E-state index is -1.12. The van der Waals surface area contributed by atoms with E-state index >= 15 is 0 Å². The van der Waals surface area contributed by atoms with Crippen molar-refractivity contribution in [3.05, 3.63) is 21.9 Å². The number of carboxylic acids is 1. The fourth-order valence-corrected chi connectivity index (χ4v) is 2.86. The van der Waals surface area contributed by atoms with Crippen molar-refractivity contribution in [2.75, 3.05) is 5.75 Å². The molecule has 0 aromatic carbocycles. The fraction of sp³-hybridized carbons (Fsp3) is 0.455. The zero-order valence-corrected chi connectivity index (χ0v) is 11.3. The van der Waals surface area contributed by atoms with Gasteiger partial charge >= 0.3 is 5.97 Å². The molecule has 100 valence electrons. The molecule has 0 amide bonds. The summed E-state index contributed by atoms with van der Waals surface area (Å²) in [5.41, 5.74) is 0.0966. The smallest absolute Gasteiger partial charge is 0.336 e. The van der Waals surface area contributed by atoms with Crippen LogP contribution in [0.3, 0.4) is 0 Å². The molecule has 0 aliphatic carbocycles. The van der Waals surface area contributed by atoms with E-state index in [1.54, 1.807) is 0 Å². The molecular weight excluding hydrogens is 276 g/mol. The van der Waals surface area contributed by atoms with Crippen LogP contribution in [0, 0.1) is 0 Å². The average molecular weight is 290 g/mol. The lowest BCUT2D eigenvalue weighted by molar-refractivity contribution is -0.109. The highest BCUT2D eigenvalue weighted by atomic mass is 32.2. The van der Waals surface area contributed by atoms with E-state index in [-0.39, 0.29) is 17.1 Å². The number of carboxylic acid groups (broad SMARTS) is 1. The molecule has 3 N–H and O–H groups in total. The topological polar surface area (TPSA) is 94.8 Å². The Morgan fingerprint density at radius 2 is 2.11 bits per heavy atom. The maximum absolute atomic E-state index is 10.7. The van der Waals surface area contributed by atoms with E-state index in [9.17, 15) is 19.8 Å². The first kappa shape index (κ1) is 15.2. The van der Waals surface area contributed by atoms with E-state index in [2.05, 4.69) is 0 Å². The second-order valence-electron chi connectivity index (χ2n) is 3.68. The van der Waals surface area contributed by atoms with Crippen LogP contribution < -0.4 is 0 Å². The Morgan fingerprint density at radius 3 is 2.61 bits per heavy atom. The van der Waals surface area contributed by atoms with Crippen molar-refractivity contribution in [1.82, 2.24) is 0 Å². The largest absolute Gasteiger partial charge is 0.478 e. The minimum absolute atomic E-state index is 0.0408. The molecule has 1 heterocycles. The van der Waals surface area contributed by atoms with Gasteiger partial charge in [-0.25, -0.2) is 4.79 Å². The lowest BCUT2D eigenvalue weighted by Gasteiger charge is -2.15. The molecule has 5 nitrogen and oxygen atoms in total. The van der Waals surface area contributed by atoms with Crippen LogP contribution in [-0.4, -0.2) is 38.3 Å². The molecule has 18 heavy (non-hydrogen) atoms. The van der Waals surface area contributed by atoms with Crippen LogP contribution in [0.5, 0.6) is 0 Å². The Kier molecular flexibility index (Phi) is 5.80. The minimum Gasteiger partial charge on any atom is -0.478 e. The van der Waals surface area contributed by atoms with Gasteiger partial charge in [0.05, 0.1) is 11.7 Å². The van der Waals surface area contributed by atoms with Crippen LogP contribution in [0.2, 0.25) is 0 Å². The summed E-state index contributed by atoms with van der Waals surface area (Å²) in [6.07, 6.45) is -1.85. The van der Waals surface area contributed by atoms with Gasteiger partial charge in [-0.15, -0.1) is 11.3 Å². The summed E-state index contributed by atoms with van der Waals surface area (Å²) in [6, 6.07) is 1.35. The molecule has 0 aliphatic rings. The lowest BCUT2D eigenvalue weighted by Crippen LogP contribution is -2.18. The summed E-state index contributed by atoms with van der Waals surface area (Å²) in [4.78, 5) is 21.8. The number of aromatic carboxylic acids is 1. The molecule has 0 saturated heterocycles. The average Bonchev–Trinajstić information content (AvgIpc) is 2.76. The van der Waals surface area contributed by atoms with Gasteiger partial charge in [0, 0.05) is 22.9 Å². The third-order valence-electron chi connectivity index (χ3n) is 2.24. The standard InChI is InChI=1S/C11H14O5S2/c1-6(12)17-3-2-8(13)10(14)9-4-7(5-18-9)11(15)16/h4-5,8,10,13-14H,2-3H2,1H3,(H,15,16). The molecule has 2 atom stereocenters. The quantitative estimate of drug-likeness (QED) is 0.735. The molecule has 0 fully saturated rings. The monoisotopic (exact) mass is 290 g/mol. The van der Waals surface area contributed by atoms with Crippen LogP contribution in [0.25, 0.3) is 0 Å². The van der Waals surface area contributed by atoms with E-state index in [4.69, 9.17) is 5.11 Å². The van der Waals surface area contributed by atoms with Crippen molar-refractivity contribution in [3.63, 3.8) is 0 Å². The number of aliphatic hydroxyl groups excluding tert-OH is 2. The van der Waals surface area contributed by atoms with Crippen LogP contribution in [0.15, 0.2) is 11.4 Å². The maximum Gasteiger partial charge on any atom is 0.336 e. The molecule has 1 aromatic heterocycles. The van der Waals surface area contributed by atoms with Gasteiger partial charge < -0.3 is 15.3 Å². The molecule has 1 aromatic rings. The Labute approximate surface area is 112 Å². The second-order valence-corrected chi connectivity index (χ2v) is 5.90. The molecule has 0 bridgehead atoms. The van der Waals surface area contributed by atoms with Crippen LogP contribution >= 0.6 is 23.1 Å². The highest BCUT2D eigenvalue weighted by molar-refractivity contribution is 8.13. The van der Waals surface area contributed by atoms with Crippen molar-refractivity contribution in [1.29, 1.82) is 0 Å². The van der Waals surface area contributed by atoms with Crippen molar-refractivity contribution >= 4 is 34.2 Å². The number of rotatable bonds is 6. The number of thioether (sulfide) groups is 1. The van der Waals surface area contributed by atoms with E-state index in [0.717, 1.165) is 23.1 Å². The highest BCUT2D eigenvalue weighted by Gasteiger charge is 2.21. The van der Waals surface area contributed by atoms with Gasteiger partial charge in [0.1, 0.15) is 6.10 Å². The van der Waals surface area contributed by atoms with Gasteiger partial charge in [-0.3, -0.25) is 4.79 Å². The first-order valence-corrected chi connectivity index (χ1v) is 7.09. The zero-order chi connectivity index (χ0) is 13.7. The summed E-state index contributed by atoms with van der Waals surface area (Å²) in [6.45, 7) is 1.44. The Balaban J connectivity index is 2.53. The number of hydrogen-bond acceptors (Lipinski definition) is 6. The number of hydrogen-bond donors (Lipinski definition) is 3. The predicted molar refractivity (Wildman–Crippen MR) is 70.0 cm³/mol. The van der Waals surface area contributed by atoms with Crippen molar-refractivity contribution < 1.29 is 24.9 Å². The lowest BCUT2D eigenvalue weighted by atomic mass is 10.1. The summed E-state index contributed by atoms with van der Waals surface area (Å²) in [5.74, 6) is -0.642. The predicted octanol–water partition coefficient (Wildman–Crippen LogP) is 1.51. The molecule has 0 radical (unpaired) electrons. The molecule has 2 unspecified atom stereocenters. The number of carbonyl (C=O) groups excluding carboxylic acids is 1. The SMILES string of the molecule is CC(=O)SCCC(O)C(O)c1cc(C(=O)O)cs1. The van der Waals surface area contributed by atoms with Gasteiger partial charge in [-0.05, 0) is 12.5 Å². The second kappa shape index (κ2) is 6.89. The third kappa shape index (κ3) is 4.41. The number of aliphatic hydroxyl groups is 2. The summed E-state index contributed by atoms with van der Waals surface area (Å²) < 4.78 is 0. The molecule has 0 aliphatic heterocycles. The van der Waals surface area contributed by atoms with Gasteiger partial charge in [-0.2, -0.15) is 0 Å². The fourth-order valence-electron chi connectivity index (χ4n) is 1.29. The molecule has 0 spiro atoms. The Morgan fingerprint density at radius 1 is 1.44 bits per heavy atom. The molecule has 1 rings (SSSR count). The van der Waals surface area contributed by atoms with E-state index < -0.39 is 18.2 Å². The molecule has 0 saturated carbocycles. The van der Waals surface area contributed by atoms with Crippen molar-refractivity contribution in [3.8, 4) is 0 Å². The zero-order valence-electron chi connectivity index (χ0n) is 9.70. The van der Waals surface area contributed by atoms with Gasteiger partial charge in [-0.1, -0.05) is 11.8 Å². The molecule has 7 heteroatoms. The summed E-state index contributed by atoms with van der Waals surface area (Å²) in [5, 5.41) is 29.7. The first-order chi connectivity index (χ1) is 8.41. The van der Waals surface area contributed by atoms with E-state index in [1.807, 2.05) is 0 Å². The molecular formula is C11H14O5S2. The van der Waals surface area contributed by atoms with Crippen molar-refractivity contribution in [2.24, 2.45) is 0 Å². The summed E-state index contributed by atoms with van der Waals surface area (Å²) in [7, 11) is 0. The van der Waals surface area contributed by atoms with Crippen LogP contribution in [0.4, 0.5) is 0 Å². The van der Waals surface area contributed by atoms with E-state index in [0.29, 0.717) is 10.6 Å². The van der Waals surface area contributed by atoms with Gasteiger partial charge in [0.2, 0.25) is 0 Å². The number of carbonyl (C=O) groups is 2. The first-order valence-electron chi connectivity index (χ1n) is 5.23. The maximum atomic E-state index is 10.7. The van der Waals surface area contributed by atoms with Crippen molar-refractivity contribution in [2.45, 2.75) is 25.6 Å². The van der Waals surface area contributed by atoms with Crippen LogP contribution in [0.1, 0.15) is 34.7 Å². The summed E-state index contributed by atoms with van der Waals surface area (Å²) >= 11 is 2.17. The van der Waals surface area contributed by atoms with Gasteiger partial charge in [0.25, 0.3) is 0 Å². The van der Waals surface area contributed by atoms with E-state index in [1.165, 1.54) is 18.4 Å². The van der Waals surface area contributed by atoms with Gasteiger partial charge in [0.15, 0.2) is 5.12 Å². The van der Waals surface area contributed by atoms with Crippen LogP contribution in [-0.2, 0) is 4.79 Å². The highest BCUT2D eigenvalue weighted by Crippen LogP contribution is 2.26. The Hall–Kier alpha value is -0.890.